The van der Waals surface area contributed by atoms with Gasteiger partial charge in [-0.1, -0.05) is 43.3 Å². The number of benzene rings is 3. The number of hydrogen-bond acceptors (Lipinski definition) is 2. The SMILES string of the molecule is CCOc1ccc(-c2ccc3c(OC(F)F)c(CC)ccc3c2)cc1. The first-order chi connectivity index (χ1) is 12.1. The predicted molar refractivity (Wildman–Crippen MR) is 96.6 cm³/mol. The van der Waals surface area contributed by atoms with Gasteiger partial charge in [0.1, 0.15) is 11.5 Å². The van der Waals surface area contributed by atoms with Gasteiger partial charge < -0.3 is 9.47 Å². The smallest absolute Gasteiger partial charge is 0.387 e. The zero-order chi connectivity index (χ0) is 17.8. The Morgan fingerprint density at radius 2 is 1.60 bits per heavy atom. The Morgan fingerprint density at radius 3 is 2.24 bits per heavy atom. The average Bonchev–Trinajstić information content (AvgIpc) is 2.62. The molecule has 0 saturated carbocycles. The first-order valence-electron chi connectivity index (χ1n) is 8.36. The highest BCUT2D eigenvalue weighted by molar-refractivity contribution is 5.93. The maximum atomic E-state index is 12.8. The molecule has 3 rings (SSSR count). The van der Waals surface area contributed by atoms with Gasteiger partial charge in [0.2, 0.25) is 0 Å². The zero-order valence-electron chi connectivity index (χ0n) is 14.3. The lowest BCUT2D eigenvalue weighted by atomic mass is 9.98. The number of fused-ring (bicyclic) bond motifs is 1. The molecule has 0 heterocycles. The van der Waals surface area contributed by atoms with Crippen molar-refractivity contribution in [2.75, 3.05) is 6.61 Å². The van der Waals surface area contributed by atoms with Crippen molar-refractivity contribution in [3.8, 4) is 22.6 Å². The molecule has 0 aliphatic carbocycles. The molecule has 0 aliphatic rings. The van der Waals surface area contributed by atoms with E-state index in [-0.39, 0.29) is 5.75 Å². The summed E-state index contributed by atoms with van der Waals surface area (Å²) in [6.45, 7) is 1.66. The fraction of sp³-hybridized carbons (Fsp3) is 0.238. The van der Waals surface area contributed by atoms with Crippen molar-refractivity contribution in [1.82, 2.24) is 0 Å². The highest BCUT2D eigenvalue weighted by atomic mass is 19.3. The van der Waals surface area contributed by atoms with E-state index in [1.54, 1.807) is 0 Å². The summed E-state index contributed by atoms with van der Waals surface area (Å²) < 4.78 is 35.8. The average molecular weight is 342 g/mol. The van der Waals surface area contributed by atoms with Gasteiger partial charge in [0.25, 0.3) is 0 Å². The Balaban J connectivity index is 2.02. The molecule has 0 fully saturated rings. The van der Waals surface area contributed by atoms with Gasteiger partial charge in [0, 0.05) is 5.39 Å². The molecule has 0 spiro atoms. The molecule has 0 bridgehead atoms. The van der Waals surface area contributed by atoms with Gasteiger partial charge >= 0.3 is 6.61 Å². The molecule has 0 aromatic heterocycles. The molecule has 3 aromatic rings. The third-order valence-corrected chi connectivity index (χ3v) is 4.14. The van der Waals surface area contributed by atoms with E-state index >= 15 is 0 Å². The highest BCUT2D eigenvalue weighted by Crippen LogP contribution is 2.34. The zero-order valence-corrected chi connectivity index (χ0v) is 14.3. The highest BCUT2D eigenvalue weighted by Gasteiger charge is 2.13. The van der Waals surface area contributed by atoms with Gasteiger partial charge in [-0.25, -0.2) is 0 Å². The van der Waals surface area contributed by atoms with E-state index in [2.05, 4.69) is 0 Å². The van der Waals surface area contributed by atoms with Crippen LogP contribution in [0.25, 0.3) is 21.9 Å². The summed E-state index contributed by atoms with van der Waals surface area (Å²) >= 11 is 0. The Labute approximate surface area is 146 Å². The monoisotopic (exact) mass is 342 g/mol. The molecule has 0 atom stereocenters. The van der Waals surface area contributed by atoms with Gasteiger partial charge in [0.05, 0.1) is 6.61 Å². The molecule has 25 heavy (non-hydrogen) atoms. The van der Waals surface area contributed by atoms with Crippen LogP contribution in [0, 0.1) is 0 Å². The summed E-state index contributed by atoms with van der Waals surface area (Å²) in [4.78, 5) is 0. The van der Waals surface area contributed by atoms with E-state index in [1.807, 2.05) is 68.4 Å². The van der Waals surface area contributed by atoms with Crippen molar-refractivity contribution in [1.29, 1.82) is 0 Å². The van der Waals surface area contributed by atoms with Gasteiger partial charge in [-0.15, -0.1) is 0 Å². The van der Waals surface area contributed by atoms with Gasteiger partial charge in [-0.2, -0.15) is 8.78 Å². The van der Waals surface area contributed by atoms with E-state index in [1.165, 1.54) is 0 Å². The lowest BCUT2D eigenvalue weighted by molar-refractivity contribution is -0.0493. The lowest BCUT2D eigenvalue weighted by Gasteiger charge is -2.14. The van der Waals surface area contributed by atoms with Crippen LogP contribution in [0.1, 0.15) is 19.4 Å². The Hall–Kier alpha value is -2.62. The largest absolute Gasteiger partial charge is 0.494 e. The van der Waals surface area contributed by atoms with Crippen LogP contribution in [0.4, 0.5) is 8.78 Å². The molecule has 4 heteroatoms. The van der Waals surface area contributed by atoms with Crippen molar-refractivity contribution in [3.05, 3.63) is 60.2 Å². The van der Waals surface area contributed by atoms with Crippen LogP contribution in [-0.4, -0.2) is 13.2 Å². The number of halogens is 2. The Bertz CT molecular complexity index is 858. The quantitative estimate of drug-likeness (QED) is 0.541. The van der Waals surface area contributed by atoms with Crippen molar-refractivity contribution in [3.63, 3.8) is 0 Å². The van der Waals surface area contributed by atoms with Gasteiger partial charge in [0.15, 0.2) is 0 Å². The van der Waals surface area contributed by atoms with Crippen molar-refractivity contribution in [2.24, 2.45) is 0 Å². The summed E-state index contributed by atoms with van der Waals surface area (Å²) in [5.41, 5.74) is 2.84. The molecule has 0 saturated heterocycles. The van der Waals surface area contributed by atoms with Crippen molar-refractivity contribution < 1.29 is 18.3 Å². The van der Waals surface area contributed by atoms with Crippen LogP contribution in [-0.2, 0) is 6.42 Å². The Kier molecular flexibility index (Phi) is 5.17. The molecule has 3 aromatic carbocycles. The number of alkyl halides is 2. The summed E-state index contributed by atoms with van der Waals surface area (Å²) in [6, 6.07) is 17.4. The molecule has 0 radical (unpaired) electrons. The standard InChI is InChI=1S/C21H20F2O2/c1-3-14-5-6-17-13-16(9-12-19(17)20(14)25-21(22)23)15-7-10-18(11-8-15)24-4-2/h5-13,21H,3-4H2,1-2H3. The summed E-state index contributed by atoms with van der Waals surface area (Å²) in [5, 5.41) is 1.58. The van der Waals surface area contributed by atoms with Crippen LogP contribution in [0.3, 0.4) is 0 Å². The minimum Gasteiger partial charge on any atom is -0.494 e. The van der Waals surface area contributed by atoms with E-state index < -0.39 is 6.61 Å². The number of hydrogen-bond donors (Lipinski definition) is 0. The van der Waals surface area contributed by atoms with Crippen LogP contribution in [0.2, 0.25) is 0 Å². The summed E-state index contributed by atoms with van der Waals surface area (Å²) in [5.74, 6) is 1.10. The molecule has 0 N–H and O–H groups in total. The second-order valence-electron chi connectivity index (χ2n) is 5.68. The fourth-order valence-corrected chi connectivity index (χ4v) is 2.94. The normalized spacial score (nSPS) is 11.1. The molecule has 2 nitrogen and oxygen atoms in total. The summed E-state index contributed by atoms with van der Waals surface area (Å²) in [7, 11) is 0. The molecule has 0 aliphatic heterocycles. The third-order valence-electron chi connectivity index (χ3n) is 4.14. The second-order valence-corrected chi connectivity index (χ2v) is 5.68. The third kappa shape index (κ3) is 3.73. The van der Waals surface area contributed by atoms with E-state index in [0.717, 1.165) is 27.8 Å². The fourth-order valence-electron chi connectivity index (χ4n) is 2.94. The topological polar surface area (TPSA) is 18.5 Å². The molecule has 0 unspecified atom stereocenters. The lowest BCUT2D eigenvalue weighted by Crippen LogP contribution is -2.04. The first kappa shape index (κ1) is 17.2. The number of ether oxygens (including phenoxy) is 2. The molecule has 130 valence electrons. The van der Waals surface area contributed by atoms with E-state index in [9.17, 15) is 8.78 Å². The van der Waals surface area contributed by atoms with Crippen LogP contribution >= 0.6 is 0 Å². The van der Waals surface area contributed by atoms with E-state index in [0.29, 0.717) is 18.4 Å². The number of aryl methyl sites for hydroxylation is 1. The minimum absolute atomic E-state index is 0.272. The number of rotatable bonds is 6. The minimum atomic E-state index is -2.83. The van der Waals surface area contributed by atoms with E-state index in [4.69, 9.17) is 9.47 Å². The van der Waals surface area contributed by atoms with Crippen LogP contribution in [0.15, 0.2) is 54.6 Å². The first-order valence-corrected chi connectivity index (χ1v) is 8.36. The van der Waals surface area contributed by atoms with Crippen molar-refractivity contribution in [2.45, 2.75) is 26.9 Å². The van der Waals surface area contributed by atoms with Crippen LogP contribution in [0.5, 0.6) is 11.5 Å². The van der Waals surface area contributed by atoms with Gasteiger partial charge in [-0.3, -0.25) is 0 Å². The van der Waals surface area contributed by atoms with Gasteiger partial charge in [-0.05, 0) is 53.6 Å². The molecular weight excluding hydrogens is 322 g/mol. The maximum absolute atomic E-state index is 12.8. The van der Waals surface area contributed by atoms with Crippen molar-refractivity contribution >= 4 is 10.8 Å². The molecular formula is C21H20F2O2. The summed E-state index contributed by atoms with van der Waals surface area (Å²) in [6.07, 6.45) is 0.638. The molecule has 0 amide bonds. The second kappa shape index (κ2) is 7.51. The maximum Gasteiger partial charge on any atom is 0.387 e. The Morgan fingerprint density at radius 1 is 0.880 bits per heavy atom. The van der Waals surface area contributed by atoms with Crippen LogP contribution < -0.4 is 9.47 Å². The predicted octanol–water partition coefficient (Wildman–Crippen LogP) is 6.07.